The molecule has 1 saturated heterocycles. The first-order chi connectivity index (χ1) is 13.2. The van der Waals surface area contributed by atoms with Gasteiger partial charge in [0.15, 0.2) is 0 Å². The molecule has 0 bridgehead atoms. The quantitative estimate of drug-likeness (QED) is 0.664. The summed E-state index contributed by atoms with van der Waals surface area (Å²) in [7, 11) is 0. The maximum Gasteiger partial charge on any atom is 0.416 e. The molecule has 2 aliphatic rings. The largest absolute Gasteiger partial charge is 0.443 e. The molecule has 0 radical (unpaired) electrons. The number of ether oxygens (including phenoxy) is 1. The second kappa shape index (κ2) is 8.81. The Hall–Kier alpha value is -1.62. The Kier molecular flexibility index (Phi) is 6.64. The number of aromatic nitrogens is 1. The third-order valence-electron chi connectivity index (χ3n) is 5.65. The number of hydrogen-bond donors (Lipinski definition) is 0. The lowest BCUT2D eigenvalue weighted by Crippen LogP contribution is -2.43. The summed E-state index contributed by atoms with van der Waals surface area (Å²) in [4.78, 5) is 22.0. The van der Waals surface area contributed by atoms with Crippen molar-refractivity contribution < 1.29 is 9.53 Å². The van der Waals surface area contributed by atoms with E-state index in [1.54, 1.807) is 4.90 Å². The summed E-state index contributed by atoms with van der Waals surface area (Å²) >= 11 is 0. The molecule has 2 fully saturated rings. The Bertz CT molecular complexity index is 645. The molecular weight excluding hydrogens is 350 g/mol. The molecule has 5 heteroatoms. The van der Waals surface area contributed by atoms with E-state index in [0.717, 1.165) is 44.6 Å². The molecule has 1 amide bonds. The lowest BCUT2D eigenvalue weighted by molar-refractivity contribution is 0.0564. The lowest BCUT2D eigenvalue weighted by Gasteiger charge is -2.31. The average Bonchev–Trinajstić information content (AvgIpc) is 3.26. The minimum atomic E-state index is -0.505. The summed E-state index contributed by atoms with van der Waals surface area (Å²) < 4.78 is 5.70. The summed E-state index contributed by atoms with van der Waals surface area (Å²) in [6.07, 6.45) is 8.49. The molecule has 28 heavy (non-hydrogen) atoms. The number of rotatable bonds is 5. The van der Waals surface area contributed by atoms with Gasteiger partial charge in [0, 0.05) is 24.8 Å². The van der Waals surface area contributed by atoms with Gasteiger partial charge in [0.25, 0.3) is 0 Å². The highest BCUT2D eigenvalue weighted by Gasteiger charge is 2.33. The second-order valence-electron chi connectivity index (χ2n) is 9.79. The Balaban J connectivity index is 1.79. The molecule has 2 heterocycles. The number of carbonyl (C=O) groups excluding carboxylic acids is 1. The number of hydrogen-bond acceptors (Lipinski definition) is 4. The predicted molar refractivity (Wildman–Crippen MR) is 114 cm³/mol. The molecular formula is C23H37N3O2. The van der Waals surface area contributed by atoms with E-state index in [1.807, 2.05) is 33.0 Å². The van der Waals surface area contributed by atoms with Gasteiger partial charge >= 0.3 is 6.09 Å². The van der Waals surface area contributed by atoms with Crippen LogP contribution in [0.5, 0.6) is 0 Å². The molecule has 0 unspecified atom stereocenters. The van der Waals surface area contributed by atoms with Crippen molar-refractivity contribution in [3.8, 4) is 0 Å². The van der Waals surface area contributed by atoms with Crippen molar-refractivity contribution in [3.63, 3.8) is 0 Å². The maximum atomic E-state index is 12.9. The molecule has 0 N–H and O–H groups in total. The highest BCUT2D eigenvalue weighted by atomic mass is 16.6. The minimum Gasteiger partial charge on any atom is -0.443 e. The highest BCUT2D eigenvalue weighted by Crippen LogP contribution is 2.34. The van der Waals surface area contributed by atoms with E-state index < -0.39 is 5.60 Å². The van der Waals surface area contributed by atoms with E-state index >= 15 is 0 Å². The van der Waals surface area contributed by atoms with Crippen LogP contribution in [-0.4, -0.2) is 40.7 Å². The number of carbonyl (C=O) groups is 1. The summed E-state index contributed by atoms with van der Waals surface area (Å²) in [5.74, 6) is 1.39. The van der Waals surface area contributed by atoms with Crippen molar-refractivity contribution in [1.29, 1.82) is 0 Å². The molecule has 1 atom stereocenters. The van der Waals surface area contributed by atoms with E-state index in [9.17, 15) is 4.79 Å². The molecule has 0 spiro atoms. The normalized spacial score (nSPS) is 21.4. The van der Waals surface area contributed by atoms with Gasteiger partial charge in [-0.1, -0.05) is 32.8 Å². The van der Waals surface area contributed by atoms with E-state index in [2.05, 4.69) is 24.8 Å². The van der Waals surface area contributed by atoms with Gasteiger partial charge in [0.1, 0.15) is 11.4 Å². The van der Waals surface area contributed by atoms with Crippen LogP contribution < -0.4 is 4.90 Å². The number of pyridine rings is 1. The van der Waals surface area contributed by atoms with Crippen LogP contribution in [0.4, 0.5) is 10.6 Å². The smallest absolute Gasteiger partial charge is 0.416 e. The van der Waals surface area contributed by atoms with Crippen LogP contribution in [0, 0.1) is 5.92 Å². The molecule has 1 aliphatic carbocycles. The second-order valence-corrected chi connectivity index (χ2v) is 9.79. The van der Waals surface area contributed by atoms with Gasteiger partial charge in [-0.15, -0.1) is 0 Å². The first-order valence-electron chi connectivity index (χ1n) is 11.0. The Morgan fingerprint density at radius 1 is 1.21 bits per heavy atom. The van der Waals surface area contributed by atoms with E-state index in [1.165, 1.54) is 18.4 Å². The van der Waals surface area contributed by atoms with Gasteiger partial charge in [-0.2, -0.15) is 0 Å². The first-order valence-corrected chi connectivity index (χ1v) is 11.0. The molecule has 1 aromatic heterocycles. The van der Waals surface area contributed by atoms with Gasteiger partial charge < -0.3 is 4.74 Å². The standard InChI is InChI=1S/C23H37N3O2/c1-17(2)16-25-14-8-11-20(25)18-12-13-21(24-15-18)26(19-9-6-7-10-19)22(27)28-23(3,4)5/h12-13,15,17,19-20H,6-11,14,16H2,1-5H3/t20-/m1/s1. The van der Waals surface area contributed by atoms with Crippen molar-refractivity contribution in [3.05, 3.63) is 23.9 Å². The number of amides is 1. The van der Waals surface area contributed by atoms with Crippen LogP contribution in [0.15, 0.2) is 18.3 Å². The summed E-state index contributed by atoms with van der Waals surface area (Å²) in [6, 6.07) is 4.82. The Labute approximate surface area is 170 Å². The van der Waals surface area contributed by atoms with Crippen LogP contribution in [0.3, 0.4) is 0 Å². The van der Waals surface area contributed by atoms with Crippen molar-refractivity contribution >= 4 is 11.9 Å². The summed E-state index contributed by atoms with van der Waals surface area (Å²) in [6.45, 7) is 12.6. The predicted octanol–water partition coefficient (Wildman–Crippen LogP) is 5.56. The van der Waals surface area contributed by atoms with E-state index in [4.69, 9.17) is 9.72 Å². The molecule has 1 saturated carbocycles. The van der Waals surface area contributed by atoms with Crippen LogP contribution in [-0.2, 0) is 4.74 Å². The van der Waals surface area contributed by atoms with E-state index in [-0.39, 0.29) is 12.1 Å². The number of anilines is 1. The van der Waals surface area contributed by atoms with Gasteiger partial charge in [-0.25, -0.2) is 9.78 Å². The summed E-state index contributed by atoms with van der Waals surface area (Å²) in [5, 5.41) is 0. The van der Waals surface area contributed by atoms with Crippen molar-refractivity contribution in [1.82, 2.24) is 9.88 Å². The molecule has 156 valence electrons. The Morgan fingerprint density at radius 2 is 1.93 bits per heavy atom. The van der Waals surface area contributed by atoms with Crippen LogP contribution in [0.2, 0.25) is 0 Å². The summed E-state index contributed by atoms with van der Waals surface area (Å²) in [5.41, 5.74) is 0.757. The fourth-order valence-electron chi connectivity index (χ4n) is 4.53. The van der Waals surface area contributed by atoms with Crippen LogP contribution in [0.25, 0.3) is 0 Å². The SMILES string of the molecule is CC(C)CN1CCC[C@@H]1c1ccc(N(C(=O)OC(C)(C)C)C2CCCC2)nc1. The van der Waals surface area contributed by atoms with E-state index in [0.29, 0.717) is 12.0 Å². The van der Waals surface area contributed by atoms with Crippen molar-refractivity contribution in [2.75, 3.05) is 18.0 Å². The zero-order chi connectivity index (χ0) is 20.3. The fraction of sp³-hybridized carbons (Fsp3) is 0.739. The van der Waals surface area contributed by atoms with Gasteiger partial charge in [0.05, 0.1) is 0 Å². The fourth-order valence-corrected chi connectivity index (χ4v) is 4.53. The molecule has 3 rings (SSSR count). The monoisotopic (exact) mass is 387 g/mol. The van der Waals surface area contributed by atoms with Crippen molar-refractivity contribution in [2.45, 2.75) is 90.8 Å². The average molecular weight is 388 g/mol. The maximum absolute atomic E-state index is 12.9. The zero-order valence-corrected chi connectivity index (χ0v) is 18.3. The molecule has 1 aliphatic heterocycles. The lowest BCUT2D eigenvalue weighted by atomic mass is 10.1. The molecule has 1 aromatic rings. The number of likely N-dealkylation sites (tertiary alicyclic amines) is 1. The third kappa shape index (κ3) is 5.25. The molecule has 0 aromatic carbocycles. The number of nitrogens with zero attached hydrogens (tertiary/aromatic N) is 3. The van der Waals surface area contributed by atoms with Crippen LogP contribution >= 0.6 is 0 Å². The highest BCUT2D eigenvalue weighted by molar-refractivity contribution is 5.87. The minimum absolute atomic E-state index is 0.192. The Morgan fingerprint density at radius 3 is 2.50 bits per heavy atom. The van der Waals surface area contributed by atoms with Crippen LogP contribution in [0.1, 0.15) is 84.7 Å². The molecule has 5 nitrogen and oxygen atoms in total. The van der Waals surface area contributed by atoms with Gasteiger partial charge in [0.2, 0.25) is 0 Å². The zero-order valence-electron chi connectivity index (χ0n) is 18.3. The van der Waals surface area contributed by atoms with Gasteiger partial charge in [-0.05, 0) is 70.5 Å². The van der Waals surface area contributed by atoms with Crippen molar-refractivity contribution in [2.24, 2.45) is 5.92 Å². The third-order valence-corrected chi connectivity index (χ3v) is 5.65. The topological polar surface area (TPSA) is 45.7 Å². The van der Waals surface area contributed by atoms with Gasteiger partial charge in [-0.3, -0.25) is 9.80 Å². The first kappa shape index (κ1) is 21.1.